The molecule has 2 aliphatic rings. The van der Waals surface area contributed by atoms with Crippen LogP contribution in [0.1, 0.15) is 107 Å². The van der Waals surface area contributed by atoms with Gasteiger partial charge in [-0.1, -0.05) is 88.6 Å². The minimum atomic E-state index is -0.110. The molecule has 0 bridgehead atoms. The lowest BCUT2D eigenvalue weighted by atomic mass is 9.89. The maximum atomic E-state index is 13.0. The van der Waals surface area contributed by atoms with Crippen LogP contribution in [0.25, 0.3) is 5.76 Å². The highest BCUT2D eigenvalue weighted by molar-refractivity contribution is 5.83. The number of piperidine rings is 1. The molecule has 41 heavy (non-hydrogen) atoms. The summed E-state index contributed by atoms with van der Waals surface area (Å²) in [6, 6.07) is 14.8. The van der Waals surface area contributed by atoms with Crippen molar-refractivity contribution in [1.82, 2.24) is 4.90 Å². The van der Waals surface area contributed by atoms with Gasteiger partial charge in [-0.2, -0.15) is 0 Å². The van der Waals surface area contributed by atoms with Gasteiger partial charge in [0.2, 0.25) is 0 Å². The summed E-state index contributed by atoms with van der Waals surface area (Å²) in [7, 11) is 3.32. The van der Waals surface area contributed by atoms with Gasteiger partial charge in [0.05, 0.1) is 14.2 Å². The quantitative estimate of drug-likeness (QED) is 0.143. The molecule has 0 aromatic heterocycles. The van der Waals surface area contributed by atoms with Crippen LogP contribution in [0.4, 0.5) is 0 Å². The van der Waals surface area contributed by atoms with Crippen molar-refractivity contribution in [3.8, 4) is 11.5 Å². The molecule has 0 saturated carbocycles. The fourth-order valence-corrected chi connectivity index (χ4v) is 6.35. The SMILES string of the molecule is CCCCCCCCCCCC(=O)OC1=C(CC2CCN(Cc3ccccc3)CC2)Cc2cc(OC)c(OC)cc21. The third-order valence-corrected chi connectivity index (χ3v) is 8.77. The summed E-state index contributed by atoms with van der Waals surface area (Å²) in [4.78, 5) is 15.6. The van der Waals surface area contributed by atoms with E-state index < -0.39 is 0 Å². The molecule has 2 aromatic carbocycles. The van der Waals surface area contributed by atoms with E-state index >= 15 is 0 Å². The van der Waals surface area contributed by atoms with E-state index in [1.54, 1.807) is 14.2 Å². The van der Waals surface area contributed by atoms with Crippen LogP contribution < -0.4 is 9.47 Å². The Kier molecular flexibility index (Phi) is 12.6. The first-order valence-electron chi connectivity index (χ1n) is 16.1. The van der Waals surface area contributed by atoms with Crippen molar-refractivity contribution < 1.29 is 19.0 Å². The summed E-state index contributed by atoms with van der Waals surface area (Å²) in [5.74, 6) is 2.66. The van der Waals surface area contributed by atoms with Gasteiger partial charge >= 0.3 is 5.97 Å². The van der Waals surface area contributed by atoms with E-state index in [0.717, 1.165) is 68.0 Å². The van der Waals surface area contributed by atoms with E-state index in [1.165, 1.54) is 68.9 Å². The average molecular weight is 562 g/mol. The number of methoxy groups -OCH3 is 2. The maximum absolute atomic E-state index is 13.0. The van der Waals surface area contributed by atoms with Gasteiger partial charge in [-0.3, -0.25) is 9.69 Å². The molecule has 2 aromatic rings. The standard InChI is InChI=1S/C36H51NO4/c1-4-5-6-7-8-9-10-11-15-18-35(38)41-36-31(24-30-25-33(39-2)34(40-3)26-32(30)36)23-28-19-21-37(22-20-28)27-29-16-13-12-14-17-29/h12-14,16-17,25-26,28H,4-11,15,18-24,27H2,1-3H3. The minimum Gasteiger partial charge on any atom is -0.493 e. The Balaban J connectivity index is 1.34. The van der Waals surface area contributed by atoms with Gasteiger partial charge in [-0.05, 0) is 79.9 Å². The van der Waals surface area contributed by atoms with Gasteiger partial charge in [0.15, 0.2) is 11.5 Å². The highest BCUT2D eigenvalue weighted by atomic mass is 16.5. The van der Waals surface area contributed by atoms with Gasteiger partial charge in [0, 0.05) is 18.5 Å². The number of esters is 1. The molecular formula is C36H51NO4. The predicted octanol–water partition coefficient (Wildman–Crippen LogP) is 8.74. The van der Waals surface area contributed by atoms with Crippen molar-refractivity contribution in [2.24, 2.45) is 5.92 Å². The number of nitrogens with zero attached hydrogens (tertiary/aromatic N) is 1. The van der Waals surface area contributed by atoms with Gasteiger partial charge in [0.1, 0.15) is 5.76 Å². The van der Waals surface area contributed by atoms with Gasteiger partial charge < -0.3 is 14.2 Å². The second kappa shape index (κ2) is 16.6. The molecule has 5 nitrogen and oxygen atoms in total. The Hall–Kier alpha value is -2.79. The fourth-order valence-electron chi connectivity index (χ4n) is 6.35. The van der Waals surface area contributed by atoms with Crippen LogP contribution in [-0.4, -0.2) is 38.2 Å². The molecule has 1 aliphatic heterocycles. The Morgan fingerprint density at radius 2 is 1.49 bits per heavy atom. The van der Waals surface area contributed by atoms with Crippen molar-refractivity contribution in [2.75, 3.05) is 27.3 Å². The zero-order valence-electron chi connectivity index (χ0n) is 25.7. The summed E-state index contributed by atoms with van der Waals surface area (Å²) in [6.07, 6.45) is 15.7. The Labute approximate surface area is 248 Å². The third kappa shape index (κ3) is 9.36. The van der Waals surface area contributed by atoms with Crippen LogP contribution >= 0.6 is 0 Å². The first-order valence-corrected chi connectivity index (χ1v) is 16.1. The second-order valence-electron chi connectivity index (χ2n) is 11.9. The lowest BCUT2D eigenvalue weighted by Gasteiger charge is -2.32. The molecule has 1 aliphatic carbocycles. The average Bonchev–Trinajstić information content (AvgIpc) is 3.32. The van der Waals surface area contributed by atoms with Crippen LogP contribution in [0, 0.1) is 5.92 Å². The van der Waals surface area contributed by atoms with Crippen molar-refractivity contribution in [3.63, 3.8) is 0 Å². The molecule has 4 rings (SSSR count). The number of hydrogen-bond donors (Lipinski definition) is 0. The summed E-state index contributed by atoms with van der Waals surface area (Å²) >= 11 is 0. The molecule has 0 amide bonds. The van der Waals surface area contributed by atoms with Gasteiger partial charge in [-0.25, -0.2) is 0 Å². The number of allylic oxidation sites excluding steroid dienone is 1. The van der Waals surface area contributed by atoms with E-state index in [1.807, 2.05) is 6.07 Å². The number of carbonyl (C=O) groups excluding carboxylic acids is 1. The molecule has 0 N–H and O–H groups in total. The first-order chi connectivity index (χ1) is 20.1. The van der Waals surface area contributed by atoms with E-state index in [2.05, 4.69) is 48.2 Å². The largest absolute Gasteiger partial charge is 0.493 e. The summed E-state index contributed by atoms with van der Waals surface area (Å²) in [5.41, 5.74) is 4.77. The number of likely N-dealkylation sites (tertiary alicyclic amines) is 1. The zero-order valence-corrected chi connectivity index (χ0v) is 25.7. The lowest BCUT2D eigenvalue weighted by molar-refractivity contribution is -0.136. The molecular weight excluding hydrogens is 510 g/mol. The van der Waals surface area contributed by atoms with Gasteiger partial charge in [-0.15, -0.1) is 0 Å². The third-order valence-electron chi connectivity index (χ3n) is 8.77. The first kappa shape index (κ1) is 31.2. The maximum Gasteiger partial charge on any atom is 0.311 e. The number of unbranched alkanes of at least 4 members (excludes halogenated alkanes) is 8. The number of rotatable bonds is 17. The minimum absolute atomic E-state index is 0.110. The molecule has 1 fully saturated rings. The predicted molar refractivity (Wildman–Crippen MR) is 167 cm³/mol. The number of benzene rings is 2. The van der Waals surface area contributed by atoms with Crippen LogP contribution in [0.15, 0.2) is 48.0 Å². The number of carbonyl (C=O) groups is 1. The molecule has 224 valence electrons. The van der Waals surface area contributed by atoms with Crippen molar-refractivity contribution in [3.05, 3.63) is 64.7 Å². The topological polar surface area (TPSA) is 48.0 Å². The molecule has 0 atom stereocenters. The summed E-state index contributed by atoms with van der Waals surface area (Å²) in [5, 5.41) is 0. The fraction of sp³-hybridized carbons (Fsp3) is 0.583. The van der Waals surface area contributed by atoms with Crippen molar-refractivity contribution >= 4 is 11.7 Å². The Morgan fingerprint density at radius 3 is 2.15 bits per heavy atom. The molecule has 0 spiro atoms. The summed E-state index contributed by atoms with van der Waals surface area (Å²) < 4.78 is 17.4. The lowest BCUT2D eigenvalue weighted by Crippen LogP contribution is -2.33. The smallest absolute Gasteiger partial charge is 0.311 e. The van der Waals surface area contributed by atoms with E-state index in [4.69, 9.17) is 14.2 Å². The van der Waals surface area contributed by atoms with E-state index in [-0.39, 0.29) is 5.97 Å². The monoisotopic (exact) mass is 561 g/mol. The molecule has 5 heteroatoms. The number of hydrogen-bond acceptors (Lipinski definition) is 5. The normalized spacial score (nSPS) is 15.7. The summed E-state index contributed by atoms with van der Waals surface area (Å²) in [6.45, 7) is 5.49. The molecule has 1 saturated heterocycles. The van der Waals surface area contributed by atoms with E-state index in [9.17, 15) is 4.79 Å². The van der Waals surface area contributed by atoms with Crippen molar-refractivity contribution in [1.29, 1.82) is 0 Å². The molecule has 0 radical (unpaired) electrons. The van der Waals surface area contributed by atoms with Crippen LogP contribution in [0.2, 0.25) is 0 Å². The van der Waals surface area contributed by atoms with Gasteiger partial charge in [0.25, 0.3) is 0 Å². The highest BCUT2D eigenvalue weighted by Gasteiger charge is 2.30. The van der Waals surface area contributed by atoms with Crippen LogP contribution in [-0.2, 0) is 22.5 Å². The number of ether oxygens (including phenoxy) is 3. The Morgan fingerprint density at radius 1 is 0.854 bits per heavy atom. The van der Waals surface area contributed by atoms with Crippen molar-refractivity contribution in [2.45, 2.75) is 103 Å². The van der Waals surface area contributed by atoms with E-state index in [0.29, 0.717) is 18.1 Å². The molecule has 1 heterocycles. The zero-order chi connectivity index (χ0) is 28.9. The van der Waals surface area contributed by atoms with Crippen LogP contribution in [0.3, 0.4) is 0 Å². The van der Waals surface area contributed by atoms with Crippen LogP contribution in [0.5, 0.6) is 11.5 Å². The Bertz CT molecular complexity index is 1120. The number of fused-ring (bicyclic) bond motifs is 1. The highest BCUT2D eigenvalue weighted by Crippen LogP contribution is 2.43. The molecule has 0 unspecified atom stereocenters. The second-order valence-corrected chi connectivity index (χ2v) is 11.9.